The van der Waals surface area contributed by atoms with Crippen LogP contribution >= 0.6 is 0 Å². The van der Waals surface area contributed by atoms with E-state index in [1.54, 1.807) is 37.5 Å². The van der Waals surface area contributed by atoms with Crippen LogP contribution in [-0.2, 0) is 4.79 Å². The van der Waals surface area contributed by atoms with E-state index in [0.717, 1.165) is 5.56 Å². The molecule has 0 aromatic heterocycles. The Labute approximate surface area is 154 Å². The molecule has 0 fully saturated rings. The Morgan fingerprint density at radius 3 is 2.27 bits per heavy atom. The van der Waals surface area contributed by atoms with Crippen LogP contribution in [-0.4, -0.2) is 24.5 Å². The van der Waals surface area contributed by atoms with Crippen LogP contribution in [0.3, 0.4) is 0 Å². The SMILES string of the molecule is COc1ccccc1/C=C/C(=O)Nc1ccc(C(=O)NC(C)(C)C)cc1. The zero-order chi connectivity index (χ0) is 19.2. The van der Waals surface area contributed by atoms with Gasteiger partial charge in [0.2, 0.25) is 5.91 Å². The van der Waals surface area contributed by atoms with Gasteiger partial charge in [0.25, 0.3) is 5.91 Å². The van der Waals surface area contributed by atoms with Crippen LogP contribution in [0.2, 0.25) is 0 Å². The molecule has 0 aliphatic carbocycles. The van der Waals surface area contributed by atoms with Crippen LogP contribution in [0.25, 0.3) is 6.08 Å². The fraction of sp³-hybridized carbons (Fsp3) is 0.238. The second-order valence-corrected chi connectivity index (χ2v) is 6.85. The summed E-state index contributed by atoms with van der Waals surface area (Å²) in [5.74, 6) is 0.292. The van der Waals surface area contributed by atoms with Gasteiger partial charge < -0.3 is 15.4 Å². The van der Waals surface area contributed by atoms with E-state index in [0.29, 0.717) is 17.0 Å². The molecule has 0 atom stereocenters. The minimum Gasteiger partial charge on any atom is -0.496 e. The van der Waals surface area contributed by atoms with Crippen LogP contribution in [0.5, 0.6) is 5.75 Å². The van der Waals surface area contributed by atoms with E-state index in [1.165, 1.54) is 6.08 Å². The number of carbonyl (C=O) groups excluding carboxylic acids is 2. The molecular formula is C21H24N2O3. The highest BCUT2D eigenvalue weighted by Gasteiger charge is 2.15. The predicted octanol–water partition coefficient (Wildman–Crippen LogP) is 3.88. The van der Waals surface area contributed by atoms with E-state index in [9.17, 15) is 9.59 Å². The standard InChI is InChI=1S/C21H24N2O3/c1-21(2,3)23-20(25)16-9-12-17(13-10-16)22-19(24)14-11-15-7-5-6-8-18(15)26-4/h5-14H,1-4H3,(H,22,24)(H,23,25)/b14-11+. The zero-order valence-electron chi connectivity index (χ0n) is 15.5. The van der Waals surface area contributed by atoms with Crippen LogP contribution in [0.4, 0.5) is 5.69 Å². The van der Waals surface area contributed by atoms with E-state index in [1.807, 2.05) is 45.0 Å². The van der Waals surface area contributed by atoms with Gasteiger partial charge in [0.1, 0.15) is 5.75 Å². The molecule has 5 heteroatoms. The summed E-state index contributed by atoms with van der Waals surface area (Å²) in [5.41, 5.74) is 1.68. The number of hydrogen-bond acceptors (Lipinski definition) is 3. The Bertz CT molecular complexity index is 803. The lowest BCUT2D eigenvalue weighted by atomic mass is 10.1. The zero-order valence-corrected chi connectivity index (χ0v) is 15.5. The van der Waals surface area contributed by atoms with Crippen LogP contribution in [0.1, 0.15) is 36.7 Å². The van der Waals surface area contributed by atoms with E-state index < -0.39 is 0 Å². The predicted molar refractivity (Wildman–Crippen MR) is 104 cm³/mol. The number of amides is 2. The van der Waals surface area contributed by atoms with Gasteiger partial charge in [0.15, 0.2) is 0 Å². The monoisotopic (exact) mass is 352 g/mol. The lowest BCUT2D eigenvalue weighted by molar-refractivity contribution is -0.111. The topological polar surface area (TPSA) is 67.4 Å². The second-order valence-electron chi connectivity index (χ2n) is 6.85. The number of nitrogens with one attached hydrogen (secondary N) is 2. The van der Waals surface area contributed by atoms with Crippen LogP contribution < -0.4 is 15.4 Å². The number of ether oxygens (including phenoxy) is 1. The average molecular weight is 352 g/mol. The summed E-state index contributed by atoms with van der Waals surface area (Å²) in [6.07, 6.45) is 3.14. The normalized spacial score (nSPS) is 11.2. The molecule has 2 rings (SSSR count). The number of rotatable bonds is 5. The molecule has 0 radical (unpaired) electrons. The Morgan fingerprint density at radius 2 is 1.65 bits per heavy atom. The number of methoxy groups -OCH3 is 1. The van der Waals surface area contributed by atoms with Crippen molar-refractivity contribution in [2.24, 2.45) is 0 Å². The maximum atomic E-state index is 12.1. The van der Waals surface area contributed by atoms with Crippen molar-refractivity contribution in [3.05, 3.63) is 65.7 Å². The molecule has 2 N–H and O–H groups in total. The van der Waals surface area contributed by atoms with Crippen molar-refractivity contribution in [1.82, 2.24) is 5.32 Å². The Hall–Kier alpha value is -3.08. The van der Waals surface area contributed by atoms with Crippen molar-refractivity contribution in [1.29, 1.82) is 0 Å². The summed E-state index contributed by atoms with van der Waals surface area (Å²) in [6, 6.07) is 14.2. The minimum absolute atomic E-state index is 0.147. The van der Waals surface area contributed by atoms with Gasteiger partial charge in [-0.15, -0.1) is 0 Å². The van der Waals surface area contributed by atoms with Crippen molar-refractivity contribution >= 4 is 23.6 Å². The highest BCUT2D eigenvalue weighted by molar-refractivity contribution is 6.02. The molecule has 0 saturated carbocycles. The molecule has 5 nitrogen and oxygen atoms in total. The van der Waals surface area contributed by atoms with Gasteiger partial charge in [0.05, 0.1) is 7.11 Å². The van der Waals surface area contributed by atoms with Gasteiger partial charge in [-0.25, -0.2) is 0 Å². The maximum Gasteiger partial charge on any atom is 0.251 e. The molecule has 0 unspecified atom stereocenters. The van der Waals surface area contributed by atoms with E-state index in [4.69, 9.17) is 4.74 Å². The van der Waals surface area contributed by atoms with Crippen LogP contribution in [0.15, 0.2) is 54.6 Å². The Balaban J connectivity index is 1.99. The molecule has 0 bridgehead atoms. The largest absolute Gasteiger partial charge is 0.496 e. The molecule has 26 heavy (non-hydrogen) atoms. The van der Waals surface area contributed by atoms with Crippen LogP contribution in [0, 0.1) is 0 Å². The number of anilines is 1. The maximum absolute atomic E-state index is 12.1. The first kappa shape index (κ1) is 19.2. The fourth-order valence-electron chi connectivity index (χ4n) is 2.27. The quantitative estimate of drug-likeness (QED) is 0.803. The van der Waals surface area contributed by atoms with Crippen molar-refractivity contribution in [3.8, 4) is 5.75 Å². The number of benzene rings is 2. The molecule has 0 heterocycles. The van der Waals surface area contributed by atoms with E-state index in [-0.39, 0.29) is 17.4 Å². The van der Waals surface area contributed by atoms with E-state index >= 15 is 0 Å². The molecule has 0 spiro atoms. The number of carbonyl (C=O) groups is 2. The summed E-state index contributed by atoms with van der Waals surface area (Å²) in [6.45, 7) is 5.77. The average Bonchev–Trinajstić information content (AvgIpc) is 2.59. The number of hydrogen-bond donors (Lipinski definition) is 2. The smallest absolute Gasteiger partial charge is 0.251 e. The summed E-state index contributed by atoms with van der Waals surface area (Å²) < 4.78 is 5.25. The number of para-hydroxylation sites is 1. The minimum atomic E-state index is -0.298. The summed E-state index contributed by atoms with van der Waals surface area (Å²) in [5, 5.41) is 5.66. The van der Waals surface area contributed by atoms with Gasteiger partial charge in [-0.05, 0) is 57.2 Å². The van der Waals surface area contributed by atoms with Crippen molar-refractivity contribution in [3.63, 3.8) is 0 Å². The molecule has 0 saturated heterocycles. The summed E-state index contributed by atoms with van der Waals surface area (Å²) in [4.78, 5) is 24.2. The third kappa shape index (κ3) is 5.77. The lowest BCUT2D eigenvalue weighted by Gasteiger charge is -2.20. The van der Waals surface area contributed by atoms with Gasteiger partial charge in [-0.1, -0.05) is 18.2 Å². The highest BCUT2D eigenvalue weighted by Crippen LogP contribution is 2.18. The molecule has 2 aromatic rings. The molecule has 2 aromatic carbocycles. The van der Waals surface area contributed by atoms with Crippen molar-refractivity contribution < 1.29 is 14.3 Å². The first-order valence-corrected chi connectivity index (χ1v) is 8.33. The van der Waals surface area contributed by atoms with Gasteiger partial charge >= 0.3 is 0 Å². The third-order valence-electron chi connectivity index (χ3n) is 3.46. The first-order chi connectivity index (χ1) is 12.3. The summed E-state index contributed by atoms with van der Waals surface area (Å²) >= 11 is 0. The molecule has 0 aliphatic rings. The van der Waals surface area contributed by atoms with E-state index in [2.05, 4.69) is 10.6 Å². The summed E-state index contributed by atoms with van der Waals surface area (Å²) in [7, 11) is 1.59. The molecule has 136 valence electrons. The van der Waals surface area contributed by atoms with Gasteiger partial charge in [-0.3, -0.25) is 9.59 Å². The first-order valence-electron chi connectivity index (χ1n) is 8.33. The van der Waals surface area contributed by atoms with Gasteiger partial charge in [0, 0.05) is 28.4 Å². The molecule has 2 amide bonds. The molecular weight excluding hydrogens is 328 g/mol. The fourth-order valence-corrected chi connectivity index (χ4v) is 2.27. The molecule has 0 aliphatic heterocycles. The lowest BCUT2D eigenvalue weighted by Crippen LogP contribution is -2.40. The highest BCUT2D eigenvalue weighted by atomic mass is 16.5. The van der Waals surface area contributed by atoms with Crippen molar-refractivity contribution in [2.45, 2.75) is 26.3 Å². The van der Waals surface area contributed by atoms with Gasteiger partial charge in [-0.2, -0.15) is 0 Å². The van der Waals surface area contributed by atoms with Crippen molar-refractivity contribution in [2.75, 3.05) is 12.4 Å². The third-order valence-corrected chi connectivity index (χ3v) is 3.46. The Morgan fingerprint density at radius 1 is 1.00 bits per heavy atom. The Kier molecular flexibility index (Phi) is 6.17. The second kappa shape index (κ2) is 8.34.